The van der Waals surface area contributed by atoms with Crippen LogP contribution in [0.15, 0.2) is 72.0 Å². The number of rotatable bonds is 10. The Morgan fingerprint density at radius 2 is 1.89 bits per heavy atom. The monoisotopic (exact) mass is 368 g/mol. The quantitative estimate of drug-likeness (QED) is 0.548. The molecular formula is C23H28O4. The molecule has 0 aliphatic carbocycles. The van der Waals surface area contributed by atoms with Crippen molar-refractivity contribution in [3.8, 4) is 5.75 Å². The SMILES string of the molecule is CCC(=C=CC[C@@H](O)c1cccc(O)c1)C[C@@H](O)COCc1ccccc1. The Morgan fingerprint density at radius 3 is 2.59 bits per heavy atom. The summed E-state index contributed by atoms with van der Waals surface area (Å²) in [6, 6.07) is 16.5. The number of phenolic OH excluding ortho intramolecular Hbond substituents is 1. The van der Waals surface area contributed by atoms with Gasteiger partial charge in [-0.05, 0) is 41.3 Å². The Kier molecular flexibility index (Phi) is 8.82. The van der Waals surface area contributed by atoms with Crippen LogP contribution in [-0.2, 0) is 11.3 Å². The third-order valence-electron chi connectivity index (χ3n) is 4.23. The van der Waals surface area contributed by atoms with Crippen molar-refractivity contribution >= 4 is 0 Å². The number of phenols is 1. The molecule has 0 amide bonds. The zero-order valence-corrected chi connectivity index (χ0v) is 15.7. The van der Waals surface area contributed by atoms with E-state index in [4.69, 9.17) is 4.74 Å². The fourth-order valence-electron chi connectivity index (χ4n) is 2.72. The molecule has 4 heteroatoms. The van der Waals surface area contributed by atoms with Crippen LogP contribution in [0, 0.1) is 0 Å². The number of hydrogen-bond donors (Lipinski definition) is 3. The van der Waals surface area contributed by atoms with Crippen LogP contribution in [0.5, 0.6) is 5.75 Å². The zero-order valence-electron chi connectivity index (χ0n) is 15.7. The van der Waals surface area contributed by atoms with Gasteiger partial charge in [-0.1, -0.05) is 49.4 Å². The van der Waals surface area contributed by atoms with Gasteiger partial charge in [0.1, 0.15) is 5.75 Å². The second kappa shape index (κ2) is 11.4. The fourth-order valence-corrected chi connectivity index (χ4v) is 2.72. The highest BCUT2D eigenvalue weighted by molar-refractivity contribution is 5.28. The second-order valence-corrected chi connectivity index (χ2v) is 6.51. The van der Waals surface area contributed by atoms with E-state index in [1.54, 1.807) is 30.3 Å². The van der Waals surface area contributed by atoms with E-state index in [2.05, 4.69) is 5.73 Å². The Bertz CT molecular complexity index is 748. The normalized spacial score (nSPS) is 12.9. The van der Waals surface area contributed by atoms with Crippen LogP contribution >= 0.6 is 0 Å². The van der Waals surface area contributed by atoms with Crippen LogP contribution in [0.25, 0.3) is 0 Å². The van der Waals surface area contributed by atoms with E-state index in [0.29, 0.717) is 25.0 Å². The summed E-state index contributed by atoms with van der Waals surface area (Å²) in [6.45, 7) is 2.76. The van der Waals surface area contributed by atoms with Gasteiger partial charge in [-0.15, -0.1) is 5.73 Å². The Morgan fingerprint density at radius 1 is 1.11 bits per heavy atom. The van der Waals surface area contributed by atoms with Gasteiger partial charge in [-0.25, -0.2) is 0 Å². The van der Waals surface area contributed by atoms with Gasteiger partial charge in [-0.2, -0.15) is 0 Å². The highest BCUT2D eigenvalue weighted by atomic mass is 16.5. The largest absolute Gasteiger partial charge is 0.508 e. The topological polar surface area (TPSA) is 69.9 Å². The lowest BCUT2D eigenvalue weighted by atomic mass is 10.0. The number of aromatic hydroxyl groups is 1. The third kappa shape index (κ3) is 7.81. The summed E-state index contributed by atoms with van der Waals surface area (Å²) in [7, 11) is 0. The summed E-state index contributed by atoms with van der Waals surface area (Å²) in [5, 5.41) is 29.8. The molecule has 144 valence electrons. The summed E-state index contributed by atoms with van der Waals surface area (Å²) < 4.78 is 5.57. The van der Waals surface area contributed by atoms with Crippen LogP contribution in [-0.4, -0.2) is 28.0 Å². The van der Waals surface area contributed by atoms with Crippen molar-refractivity contribution < 1.29 is 20.1 Å². The van der Waals surface area contributed by atoms with E-state index >= 15 is 0 Å². The minimum atomic E-state index is -0.693. The first-order valence-corrected chi connectivity index (χ1v) is 9.28. The number of aliphatic hydroxyl groups excluding tert-OH is 2. The first-order chi connectivity index (χ1) is 13.1. The fraction of sp³-hybridized carbons (Fsp3) is 0.348. The maximum Gasteiger partial charge on any atom is 0.115 e. The molecule has 3 N–H and O–H groups in total. The lowest BCUT2D eigenvalue weighted by Crippen LogP contribution is -2.15. The van der Waals surface area contributed by atoms with Crippen LogP contribution in [0.3, 0.4) is 0 Å². The molecule has 2 aromatic rings. The molecule has 0 aromatic heterocycles. The molecule has 0 heterocycles. The molecule has 2 aromatic carbocycles. The second-order valence-electron chi connectivity index (χ2n) is 6.51. The molecule has 0 radical (unpaired) electrons. The minimum Gasteiger partial charge on any atom is -0.508 e. The molecular weight excluding hydrogens is 340 g/mol. The first kappa shape index (κ1) is 20.9. The van der Waals surface area contributed by atoms with Crippen LogP contribution in [0.2, 0.25) is 0 Å². The van der Waals surface area contributed by atoms with Crippen molar-refractivity contribution in [2.24, 2.45) is 0 Å². The molecule has 0 unspecified atom stereocenters. The van der Waals surface area contributed by atoms with E-state index in [-0.39, 0.29) is 12.4 Å². The number of hydrogen-bond acceptors (Lipinski definition) is 4. The van der Waals surface area contributed by atoms with E-state index in [9.17, 15) is 15.3 Å². The summed E-state index contributed by atoms with van der Waals surface area (Å²) in [5.74, 6) is 0.138. The third-order valence-corrected chi connectivity index (χ3v) is 4.23. The molecule has 0 saturated carbocycles. The maximum absolute atomic E-state index is 10.2. The van der Waals surface area contributed by atoms with Gasteiger partial charge >= 0.3 is 0 Å². The van der Waals surface area contributed by atoms with Gasteiger partial charge in [0.15, 0.2) is 0 Å². The minimum absolute atomic E-state index is 0.138. The predicted molar refractivity (Wildman–Crippen MR) is 106 cm³/mol. The smallest absolute Gasteiger partial charge is 0.115 e. The average molecular weight is 368 g/mol. The van der Waals surface area contributed by atoms with Crippen LogP contribution in [0.4, 0.5) is 0 Å². The molecule has 0 aliphatic heterocycles. The summed E-state index contributed by atoms with van der Waals surface area (Å²) >= 11 is 0. The van der Waals surface area contributed by atoms with Gasteiger partial charge in [0, 0.05) is 12.8 Å². The molecule has 0 fully saturated rings. The number of ether oxygens (including phenoxy) is 1. The lowest BCUT2D eigenvalue weighted by Gasteiger charge is -2.12. The summed E-state index contributed by atoms with van der Waals surface area (Å²) in [4.78, 5) is 0. The Labute approximate surface area is 161 Å². The molecule has 2 rings (SSSR count). The van der Waals surface area contributed by atoms with E-state index < -0.39 is 12.2 Å². The van der Waals surface area contributed by atoms with Crippen molar-refractivity contribution in [2.45, 2.75) is 45.0 Å². The highest BCUT2D eigenvalue weighted by Gasteiger charge is 2.08. The summed E-state index contributed by atoms with van der Waals surface area (Å²) in [5.41, 5.74) is 5.91. The van der Waals surface area contributed by atoms with Gasteiger partial charge in [0.2, 0.25) is 0 Å². The molecule has 0 bridgehead atoms. The average Bonchev–Trinajstić information content (AvgIpc) is 2.68. The van der Waals surface area contributed by atoms with Crippen LogP contribution in [0.1, 0.15) is 43.4 Å². The van der Waals surface area contributed by atoms with Gasteiger partial charge in [0.25, 0.3) is 0 Å². The standard InChI is InChI=1S/C23H28O4/c1-2-18(10-6-13-23(26)20-11-7-12-21(24)15-20)14-22(25)17-27-16-19-8-4-3-5-9-19/h3-9,11-12,15,22-26H,2,13-14,16-17H2,1H3/t10?,22-,23-/m1/s1. The van der Waals surface area contributed by atoms with Crippen molar-refractivity contribution in [2.75, 3.05) is 6.61 Å². The maximum atomic E-state index is 10.2. The van der Waals surface area contributed by atoms with Gasteiger partial charge in [0.05, 0.1) is 25.4 Å². The van der Waals surface area contributed by atoms with Crippen molar-refractivity contribution in [3.63, 3.8) is 0 Å². The van der Waals surface area contributed by atoms with Crippen molar-refractivity contribution in [1.29, 1.82) is 0 Å². The van der Waals surface area contributed by atoms with E-state index in [0.717, 1.165) is 17.6 Å². The molecule has 27 heavy (non-hydrogen) atoms. The first-order valence-electron chi connectivity index (χ1n) is 9.28. The van der Waals surface area contributed by atoms with E-state index in [1.165, 1.54) is 0 Å². The van der Waals surface area contributed by atoms with Gasteiger partial charge in [-0.3, -0.25) is 0 Å². The number of benzene rings is 2. The Balaban J connectivity index is 1.80. The van der Waals surface area contributed by atoms with Crippen LogP contribution < -0.4 is 0 Å². The number of aliphatic hydroxyl groups is 2. The zero-order chi connectivity index (χ0) is 19.5. The summed E-state index contributed by atoms with van der Waals surface area (Å²) in [6.07, 6.45) is 2.17. The van der Waals surface area contributed by atoms with Crippen molar-refractivity contribution in [1.82, 2.24) is 0 Å². The molecule has 0 aliphatic rings. The molecule has 4 nitrogen and oxygen atoms in total. The lowest BCUT2D eigenvalue weighted by molar-refractivity contribution is 0.0286. The molecule has 0 saturated heterocycles. The highest BCUT2D eigenvalue weighted by Crippen LogP contribution is 2.21. The van der Waals surface area contributed by atoms with E-state index in [1.807, 2.05) is 37.3 Å². The Hall–Kier alpha value is -2.36. The molecule has 0 spiro atoms. The predicted octanol–water partition coefficient (Wildman–Crippen LogP) is 4.28. The van der Waals surface area contributed by atoms with Gasteiger partial charge < -0.3 is 20.1 Å². The molecule has 2 atom stereocenters. The van der Waals surface area contributed by atoms with Crippen molar-refractivity contribution in [3.05, 3.63) is 83.1 Å².